The van der Waals surface area contributed by atoms with Gasteiger partial charge in [0, 0.05) is 21.7 Å². The second-order valence-corrected chi connectivity index (χ2v) is 7.98. The van der Waals surface area contributed by atoms with E-state index in [4.69, 9.17) is 4.74 Å². The Kier molecular flexibility index (Phi) is 4.29. The normalized spacial score (nSPS) is 12.3. The molecule has 2 aromatic carbocycles. The van der Waals surface area contributed by atoms with Crippen LogP contribution in [-0.4, -0.2) is 5.91 Å². The van der Waals surface area contributed by atoms with Crippen LogP contribution in [0, 0.1) is 6.92 Å². The molecule has 1 N–H and O–H groups in total. The first-order chi connectivity index (χ1) is 12.5. The highest BCUT2D eigenvalue weighted by Crippen LogP contribution is 2.44. The van der Waals surface area contributed by atoms with Gasteiger partial charge < -0.3 is 10.1 Å². The van der Waals surface area contributed by atoms with E-state index >= 15 is 0 Å². The van der Waals surface area contributed by atoms with Gasteiger partial charge in [0.1, 0.15) is 12.4 Å². The quantitative estimate of drug-likeness (QED) is 0.620. The summed E-state index contributed by atoms with van der Waals surface area (Å²) in [6, 6.07) is 16.1. The van der Waals surface area contributed by atoms with Crippen molar-refractivity contribution in [1.29, 1.82) is 0 Å². The van der Waals surface area contributed by atoms with Crippen LogP contribution in [0.1, 0.15) is 46.1 Å². The maximum absolute atomic E-state index is 12.7. The first-order valence-corrected chi connectivity index (χ1v) is 9.61. The van der Waals surface area contributed by atoms with Crippen molar-refractivity contribution in [3.05, 3.63) is 70.1 Å². The molecule has 0 aliphatic carbocycles. The van der Waals surface area contributed by atoms with E-state index in [0.29, 0.717) is 17.4 Å². The van der Waals surface area contributed by atoms with Gasteiger partial charge in [0.05, 0.1) is 4.88 Å². The molecule has 0 bridgehead atoms. The number of nitrogens with one attached hydrogen (secondary N) is 1. The summed E-state index contributed by atoms with van der Waals surface area (Å²) in [5.41, 5.74) is 5.44. The van der Waals surface area contributed by atoms with Gasteiger partial charge in [-0.1, -0.05) is 38.1 Å². The van der Waals surface area contributed by atoms with Crippen molar-refractivity contribution in [2.75, 3.05) is 5.32 Å². The minimum Gasteiger partial charge on any atom is -0.488 e. The number of thiophene rings is 1. The van der Waals surface area contributed by atoms with Crippen LogP contribution in [0.5, 0.6) is 5.75 Å². The lowest BCUT2D eigenvalue weighted by Gasteiger charge is -2.19. The summed E-state index contributed by atoms with van der Waals surface area (Å²) in [7, 11) is 0. The minimum absolute atomic E-state index is 0.0724. The van der Waals surface area contributed by atoms with Crippen LogP contribution in [0.2, 0.25) is 0 Å². The molecule has 0 atom stereocenters. The molecule has 26 heavy (non-hydrogen) atoms. The maximum atomic E-state index is 12.7. The third kappa shape index (κ3) is 3.01. The van der Waals surface area contributed by atoms with Gasteiger partial charge in [-0.2, -0.15) is 0 Å². The maximum Gasteiger partial charge on any atom is 0.265 e. The SMILES string of the molecule is Cc1cccc2c1-c1sc(C(=O)Nc3ccc(C(C)C)cc3)cc1CO2. The summed E-state index contributed by atoms with van der Waals surface area (Å²) in [5.74, 6) is 1.31. The summed E-state index contributed by atoms with van der Waals surface area (Å²) < 4.78 is 5.85. The number of anilines is 1. The zero-order chi connectivity index (χ0) is 18.3. The standard InChI is InChI=1S/C22H21NO2S/c1-13(2)15-7-9-17(10-8-15)23-22(24)19-11-16-12-25-18-6-4-5-14(3)20(18)21(16)26-19/h4-11,13H,12H2,1-3H3,(H,23,24). The Balaban J connectivity index is 1.60. The van der Waals surface area contributed by atoms with Crippen molar-refractivity contribution in [1.82, 2.24) is 0 Å². The molecule has 1 amide bonds. The molecule has 132 valence electrons. The van der Waals surface area contributed by atoms with Crippen molar-refractivity contribution < 1.29 is 9.53 Å². The molecule has 4 rings (SSSR count). The number of fused-ring (bicyclic) bond motifs is 3. The third-order valence-corrected chi connectivity index (χ3v) is 5.91. The van der Waals surface area contributed by atoms with E-state index in [2.05, 4.69) is 44.3 Å². The van der Waals surface area contributed by atoms with Gasteiger partial charge in [0.15, 0.2) is 0 Å². The van der Waals surface area contributed by atoms with Crippen molar-refractivity contribution in [2.24, 2.45) is 0 Å². The molecule has 0 fully saturated rings. The van der Waals surface area contributed by atoms with Gasteiger partial charge in [0.2, 0.25) is 0 Å². The number of rotatable bonds is 3. The third-order valence-electron chi connectivity index (χ3n) is 4.71. The van der Waals surface area contributed by atoms with E-state index in [0.717, 1.165) is 27.4 Å². The molecule has 0 saturated heterocycles. The molecule has 0 radical (unpaired) electrons. The number of carbonyl (C=O) groups excluding carboxylic acids is 1. The summed E-state index contributed by atoms with van der Waals surface area (Å²) in [6.07, 6.45) is 0. The lowest BCUT2D eigenvalue weighted by Crippen LogP contribution is -2.10. The van der Waals surface area contributed by atoms with Crippen molar-refractivity contribution in [3.8, 4) is 16.2 Å². The molecule has 0 saturated carbocycles. The van der Waals surface area contributed by atoms with Crippen molar-refractivity contribution in [2.45, 2.75) is 33.3 Å². The fourth-order valence-corrected chi connectivity index (χ4v) is 4.39. The Morgan fingerprint density at radius 2 is 1.92 bits per heavy atom. The highest BCUT2D eigenvalue weighted by atomic mass is 32.1. The number of aryl methyl sites for hydroxylation is 1. The van der Waals surface area contributed by atoms with E-state index in [1.165, 1.54) is 22.5 Å². The average molecular weight is 363 g/mol. The van der Waals surface area contributed by atoms with E-state index in [9.17, 15) is 4.79 Å². The van der Waals surface area contributed by atoms with Gasteiger partial charge in [-0.15, -0.1) is 11.3 Å². The fourth-order valence-electron chi connectivity index (χ4n) is 3.21. The Hall–Kier alpha value is -2.59. The van der Waals surface area contributed by atoms with Crippen LogP contribution in [0.15, 0.2) is 48.5 Å². The van der Waals surface area contributed by atoms with Crippen LogP contribution in [0.25, 0.3) is 10.4 Å². The van der Waals surface area contributed by atoms with E-state index in [-0.39, 0.29) is 5.91 Å². The molecule has 1 aliphatic heterocycles. The molecule has 3 aromatic rings. The Morgan fingerprint density at radius 1 is 1.15 bits per heavy atom. The van der Waals surface area contributed by atoms with Gasteiger partial charge in [-0.25, -0.2) is 0 Å². The highest BCUT2D eigenvalue weighted by Gasteiger charge is 2.24. The minimum atomic E-state index is -0.0724. The average Bonchev–Trinajstić information content (AvgIpc) is 3.06. The van der Waals surface area contributed by atoms with Crippen molar-refractivity contribution in [3.63, 3.8) is 0 Å². The molecular formula is C22H21NO2S. The highest BCUT2D eigenvalue weighted by molar-refractivity contribution is 7.17. The molecule has 1 aliphatic rings. The number of ether oxygens (including phenoxy) is 1. The monoisotopic (exact) mass is 363 g/mol. The van der Waals surface area contributed by atoms with Crippen molar-refractivity contribution >= 4 is 22.9 Å². The number of hydrogen-bond donors (Lipinski definition) is 1. The topological polar surface area (TPSA) is 38.3 Å². The molecule has 0 unspecified atom stereocenters. The molecular weight excluding hydrogens is 342 g/mol. The molecule has 3 nitrogen and oxygen atoms in total. The Morgan fingerprint density at radius 3 is 2.65 bits per heavy atom. The van der Waals surface area contributed by atoms with E-state index < -0.39 is 0 Å². The van der Waals surface area contributed by atoms with Gasteiger partial charge >= 0.3 is 0 Å². The predicted molar refractivity (Wildman–Crippen MR) is 107 cm³/mol. The largest absolute Gasteiger partial charge is 0.488 e. The van der Waals surface area contributed by atoms with Gasteiger partial charge in [0.25, 0.3) is 5.91 Å². The molecule has 0 spiro atoms. The predicted octanol–water partition coefficient (Wildman–Crippen LogP) is 5.99. The smallest absolute Gasteiger partial charge is 0.265 e. The van der Waals surface area contributed by atoms with E-state index in [1.54, 1.807) is 0 Å². The first-order valence-electron chi connectivity index (χ1n) is 8.79. The van der Waals surface area contributed by atoms with Gasteiger partial charge in [-0.05, 0) is 48.2 Å². The zero-order valence-electron chi connectivity index (χ0n) is 15.1. The number of hydrogen-bond acceptors (Lipinski definition) is 3. The van der Waals surface area contributed by atoms with Gasteiger partial charge in [-0.3, -0.25) is 4.79 Å². The summed E-state index contributed by atoms with van der Waals surface area (Å²) >= 11 is 1.54. The molecule has 2 heterocycles. The fraction of sp³-hybridized carbons (Fsp3) is 0.227. The first kappa shape index (κ1) is 16.9. The number of benzene rings is 2. The lowest BCUT2D eigenvalue weighted by atomic mass is 10.0. The molecule has 4 heteroatoms. The van der Waals surface area contributed by atoms with Crippen LogP contribution in [0.3, 0.4) is 0 Å². The molecule has 1 aromatic heterocycles. The summed E-state index contributed by atoms with van der Waals surface area (Å²) in [5, 5.41) is 3.00. The second kappa shape index (κ2) is 6.61. The van der Waals surface area contributed by atoms with E-state index in [1.807, 2.05) is 30.3 Å². The number of carbonyl (C=O) groups is 1. The number of amides is 1. The van der Waals surface area contributed by atoms with Crippen LogP contribution < -0.4 is 10.1 Å². The Labute approximate surface area is 157 Å². The van der Waals surface area contributed by atoms with Crippen LogP contribution in [-0.2, 0) is 6.61 Å². The van der Waals surface area contributed by atoms with Crippen LogP contribution >= 0.6 is 11.3 Å². The zero-order valence-corrected chi connectivity index (χ0v) is 15.9. The lowest BCUT2D eigenvalue weighted by molar-refractivity contribution is 0.103. The Bertz CT molecular complexity index is 970. The summed E-state index contributed by atoms with van der Waals surface area (Å²) in [4.78, 5) is 14.6. The second-order valence-electron chi connectivity index (χ2n) is 6.93. The summed E-state index contributed by atoms with van der Waals surface area (Å²) in [6.45, 7) is 6.91. The van der Waals surface area contributed by atoms with Crippen LogP contribution in [0.4, 0.5) is 5.69 Å².